The lowest BCUT2D eigenvalue weighted by atomic mass is 10.2. The molecule has 0 saturated carbocycles. The van der Waals surface area contributed by atoms with Gasteiger partial charge in [0.25, 0.3) is 5.56 Å². The van der Waals surface area contributed by atoms with Crippen LogP contribution in [-0.4, -0.2) is 34.0 Å². The van der Waals surface area contributed by atoms with Crippen molar-refractivity contribution >= 4 is 18.1 Å². The zero-order valence-electron chi connectivity index (χ0n) is 11.6. The van der Waals surface area contributed by atoms with E-state index in [0.717, 1.165) is 5.56 Å². The Balaban J connectivity index is 1.93. The lowest BCUT2D eigenvalue weighted by molar-refractivity contribution is -0.307. The average Bonchev–Trinajstić information content (AvgIpc) is 2.50. The van der Waals surface area contributed by atoms with Crippen LogP contribution in [0.15, 0.2) is 34.2 Å². The number of benzene rings is 1. The molecule has 0 radical (unpaired) electrons. The van der Waals surface area contributed by atoms with E-state index in [9.17, 15) is 14.7 Å². The van der Waals surface area contributed by atoms with Gasteiger partial charge in [-0.05, 0) is 36.8 Å². The summed E-state index contributed by atoms with van der Waals surface area (Å²) in [6.45, 7) is 1.04. The predicted molar refractivity (Wildman–Crippen MR) is 75.6 cm³/mol. The number of aromatic amines is 1. The highest BCUT2D eigenvalue weighted by Crippen LogP contribution is 2.10. The number of hydrazone groups is 1. The fraction of sp³-hybridized carbons (Fsp3) is 0.154. The van der Waals surface area contributed by atoms with Crippen molar-refractivity contribution in [3.63, 3.8) is 0 Å². The summed E-state index contributed by atoms with van der Waals surface area (Å²) in [5, 5.41) is 21.5. The smallest absolute Gasteiger partial charge is 0.274 e. The summed E-state index contributed by atoms with van der Waals surface area (Å²) in [5.41, 5.74) is 3.19. The molecule has 0 saturated heterocycles. The van der Waals surface area contributed by atoms with E-state index in [1.54, 1.807) is 31.2 Å². The van der Waals surface area contributed by atoms with Gasteiger partial charge in [-0.3, -0.25) is 9.78 Å². The molecule has 1 aromatic carbocycles. The van der Waals surface area contributed by atoms with Gasteiger partial charge in [-0.25, -0.2) is 5.43 Å². The van der Waals surface area contributed by atoms with Crippen molar-refractivity contribution in [3.05, 3.63) is 45.9 Å². The van der Waals surface area contributed by atoms with Crippen LogP contribution in [0, 0.1) is 6.92 Å². The van der Waals surface area contributed by atoms with Crippen molar-refractivity contribution < 1.29 is 14.6 Å². The Labute approximate surface area is 124 Å². The van der Waals surface area contributed by atoms with Gasteiger partial charge in [0.05, 0.1) is 12.2 Å². The van der Waals surface area contributed by atoms with E-state index in [1.165, 1.54) is 6.21 Å². The van der Waals surface area contributed by atoms with Crippen molar-refractivity contribution in [2.24, 2.45) is 5.10 Å². The van der Waals surface area contributed by atoms with Crippen LogP contribution in [0.1, 0.15) is 11.3 Å². The molecule has 9 nitrogen and oxygen atoms in total. The first-order valence-corrected chi connectivity index (χ1v) is 6.20. The van der Waals surface area contributed by atoms with Crippen molar-refractivity contribution in [1.29, 1.82) is 0 Å². The lowest BCUT2D eigenvalue weighted by Gasteiger charge is -2.06. The Morgan fingerprint density at radius 3 is 2.77 bits per heavy atom. The molecule has 114 valence electrons. The van der Waals surface area contributed by atoms with Crippen LogP contribution in [0.5, 0.6) is 5.75 Å². The van der Waals surface area contributed by atoms with Crippen LogP contribution in [0.25, 0.3) is 0 Å². The molecule has 0 aliphatic carbocycles. The summed E-state index contributed by atoms with van der Waals surface area (Å²) in [4.78, 5) is 24.0. The van der Waals surface area contributed by atoms with Gasteiger partial charge in [-0.15, -0.1) is 10.2 Å². The Morgan fingerprint density at radius 2 is 2.14 bits per heavy atom. The van der Waals surface area contributed by atoms with Gasteiger partial charge in [0.1, 0.15) is 18.1 Å². The van der Waals surface area contributed by atoms with E-state index in [-0.39, 0.29) is 17.2 Å². The van der Waals surface area contributed by atoms with Crippen LogP contribution in [-0.2, 0) is 4.79 Å². The van der Waals surface area contributed by atoms with E-state index in [4.69, 9.17) is 4.74 Å². The van der Waals surface area contributed by atoms with Gasteiger partial charge >= 0.3 is 0 Å². The topological polar surface area (TPSA) is 132 Å². The number of anilines is 1. The first-order chi connectivity index (χ1) is 10.5. The highest BCUT2D eigenvalue weighted by molar-refractivity contribution is 5.80. The fourth-order valence-corrected chi connectivity index (χ4v) is 1.40. The fourth-order valence-electron chi connectivity index (χ4n) is 1.40. The number of rotatable bonds is 6. The molecular weight excluding hydrogens is 290 g/mol. The molecule has 9 heteroatoms. The molecule has 2 aromatic rings. The second-order valence-corrected chi connectivity index (χ2v) is 4.19. The standard InChI is InChI=1S/C13H13N5O4/c1-8-12(21)15-13(18-16-8)17-14-6-9-2-4-10(5-3-9)22-7-11(19)20/h2-6H,7H2,1H3,(H,19,20)(H2,15,17,18,21)/p-1/b14-6-. The van der Waals surface area contributed by atoms with Gasteiger partial charge in [0.2, 0.25) is 5.95 Å². The maximum atomic E-state index is 11.3. The first kappa shape index (κ1) is 15.2. The van der Waals surface area contributed by atoms with Crippen LogP contribution in [0.2, 0.25) is 0 Å². The third kappa shape index (κ3) is 4.40. The molecule has 0 fully saturated rings. The molecule has 22 heavy (non-hydrogen) atoms. The number of aromatic nitrogens is 3. The maximum Gasteiger partial charge on any atom is 0.274 e. The Hall–Kier alpha value is -3.23. The van der Waals surface area contributed by atoms with Gasteiger partial charge < -0.3 is 14.6 Å². The number of nitrogens with one attached hydrogen (secondary N) is 2. The van der Waals surface area contributed by atoms with Crippen molar-refractivity contribution in [2.45, 2.75) is 6.92 Å². The predicted octanol–water partition coefficient (Wildman–Crippen LogP) is -0.952. The van der Waals surface area contributed by atoms with Crippen LogP contribution in [0.3, 0.4) is 0 Å². The zero-order chi connectivity index (χ0) is 15.9. The molecule has 2 rings (SSSR count). The Morgan fingerprint density at radius 1 is 1.41 bits per heavy atom. The monoisotopic (exact) mass is 302 g/mol. The van der Waals surface area contributed by atoms with Crippen LogP contribution < -0.4 is 20.8 Å². The Kier molecular flexibility index (Phi) is 4.81. The minimum absolute atomic E-state index is 0.126. The largest absolute Gasteiger partial charge is 0.546 e. The highest BCUT2D eigenvalue weighted by atomic mass is 16.5. The van der Waals surface area contributed by atoms with Gasteiger partial charge in [0.15, 0.2) is 0 Å². The van der Waals surface area contributed by atoms with Crippen molar-refractivity contribution in [3.8, 4) is 5.75 Å². The third-order valence-corrected chi connectivity index (χ3v) is 2.48. The molecule has 0 spiro atoms. The number of aliphatic carboxylic acids is 1. The number of carboxylic acids is 1. The SMILES string of the molecule is Cc1nnc(N/N=C\c2ccc(OCC(=O)[O-])cc2)[nH]c1=O. The number of carbonyl (C=O) groups excluding carboxylic acids is 1. The highest BCUT2D eigenvalue weighted by Gasteiger charge is 1.98. The first-order valence-electron chi connectivity index (χ1n) is 6.20. The second kappa shape index (κ2) is 6.97. The van der Waals surface area contributed by atoms with E-state index >= 15 is 0 Å². The van der Waals surface area contributed by atoms with Crippen molar-refractivity contribution in [2.75, 3.05) is 12.0 Å². The molecule has 0 unspecified atom stereocenters. The number of H-pyrrole nitrogens is 1. The summed E-state index contributed by atoms with van der Waals surface area (Å²) >= 11 is 0. The summed E-state index contributed by atoms with van der Waals surface area (Å²) in [6.07, 6.45) is 1.49. The van der Waals surface area contributed by atoms with Gasteiger partial charge in [-0.1, -0.05) is 0 Å². The van der Waals surface area contributed by atoms with Crippen molar-refractivity contribution in [1.82, 2.24) is 15.2 Å². The quantitative estimate of drug-likeness (QED) is 0.519. The lowest BCUT2D eigenvalue weighted by Crippen LogP contribution is -2.28. The molecule has 1 heterocycles. The number of carboxylic acid groups (broad SMARTS) is 1. The zero-order valence-corrected chi connectivity index (χ0v) is 11.6. The minimum atomic E-state index is -1.29. The summed E-state index contributed by atoms with van der Waals surface area (Å²) < 4.78 is 4.94. The number of aryl methyl sites for hydroxylation is 1. The second-order valence-electron chi connectivity index (χ2n) is 4.19. The number of hydrogen-bond donors (Lipinski definition) is 2. The van der Waals surface area contributed by atoms with E-state index < -0.39 is 12.6 Å². The van der Waals surface area contributed by atoms with E-state index in [1.807, 2.05) is 0 Å². The molecule has 0 aliphatic rings. The average molecular weight is 302 g/mol. The van der Waals surface area contributed by atoms with E-state index in [0.29, 0.717) is 5.75 Å². The van der Waals surface area contributed by atoms with Gasteiger partial charge in [0, 0.05) is 0 Å². The summed E-state index contributed by atoms with van der Waals surface area (Å²) in [5.74, 6) is -0.758. The number of nitrogens with zero attached hydrogens (tertiary/aromatic N) is 3. The molecule has 2 N–H and O–H groups in total. The van der Waals surface area contributed by atoms with E-state index in [2.05, 4.69) is 25.7 Å². The normalized spacial score (nSPS) is 10.6. The molecular formula is C13H12N5O4-. The minimum Gasteiger partial charge on any atom is -0.546 e. The van der Waals surface area contributed by atoms with Gasteiger partial charge in [-0.2, -0.15) is 5.10 Å². The van der Waals surface area contributed by atoms with Crippen LogP contribution >= 0.6 is 0 Å². The maximum absolute atomic E-state index is 11.3. The number of carbonyl (C=O) groups is 1. The molecule has 0 atom stereocenters. The third-order valence-electron chi connectivity index (χ3n) is 2.48. The molecule has 1 aromatic heterocycles. The summed E-state index contributed by atoms with van der Waals surface area (Å²) in [6, 6.07) is 6.55. The number of hydrogen-bond acceptors (Lipinski definition) is 8. The number of ether oxygens (including phenoxy) is 1. The summed E-state index contributed by atoms with van der Waals surface area (Å²) in [7, 11) is 0. The molecule has 0 bridgehead atoms. The Bertz CT molecular complexity index is 739. The molecule has 0 amide bonds. The molecule has 0 aliphatic heterocycles. The van der Waals surface area contributed by atoms with Crippen LogP contribution in [0.4, 0.5) is 5.95 Å².